The van der Waals surface area contributed by atoms with Crippen molar-refractivity contribution < 1.29 is 13.3 Å². The highest BCUT2D eigenvalue weighted by Gasteiger charge is 2.43. The molecule has 1 aliphatic carbocycles. The highest BCUT2D eigenvalue weighted by Crippen LogP contribution is 2.44. The van der Waals surface area contributed by atoms with Gasteiger partial charge in [-0.25, -0.2) is 13.5 Å². The van der Waals surface area contributed by atoms with E-state index in [2.05, 4.69) is 15.0 Å². The molecule has 0 N–H and O–H groups in total. The quantitative estimate of drug-likeness (QED) is 0.613. The minimum absolute atomic E-state index is 0.524. The van der Waals surface area contributed by atoms with Crippen LogP contribution in [0.2, 0.25) is 0 Å². The zero-order valence-electron chi connectivity index (χ0n) is 17.9. The van der Waals surface area contributed by atoms with E-state index in [-0.39, 0.29) is 0 Å². The van der Waals surface area contributed by atoms with E-state index in [1.165, 1.54) is 18.9 Å². The number of halogens is 2. The Labute approximate surface area is 184 Å². The fourth-order valence-electron chi connectivity index (χ4n) is 5.64. The number of hydrogen-bond donors (Lipinski definition) is 0. The Morgan fingerprint density at radius 2 is 1.88 bits per heavy atom. The Morgan fingerprint density at radius 3 is 2.59 bits per heavy atom. The molecule has 2 aromatic heterocycles. The van der Waals surface area contributed by atoms with Gasteiger partial charge in [-0.2, -0.15) is 15.1 Å². The molecule has 32 heavy (non-hydrogen) atoms. The topological polar surface area (TPSA) is 76.1 Å². The van der Waals surface area contributed by atoms with E-state index < -0.39 is 11.6 Å². The zero-order chi connectivity index (χ0) is 21.8. The number of piperidine rings is 1. The van der Waals surface area contributed by atoms with Gasteiger partial charge in [0, 0.05) is 44.4 Å². The van der Waals surface area contributed by atoms with Gasteiger partial charge in [0.2, 0.25) is 5.95 Å². The van der Waals surface area contributed by atoms with Gasteiger partial charge in [-0.15, -0.1) is 0 Å². The summed E-state index contributed by atoms with van der Waals surface area (Å²) in [6, 6.07) is 4.61. The maximum atomic E-state index is 13.8. The van der Waals surface area contributed by atoms with Gasteiger partial charge in [0.1, 0.15) is 0 Å². The molecule has 168 valence electrons. The third-order valence-corrected chi connectivity index (χ3v) is 7.14. The lowest BCUT2D eigenvalue weighted by atomic mass is 9.82. The zero-order valence-corrected chi connectivity index (χ0v) is 17.9. The summed E-state index contributed by atoms with van der Waals surface area (Å²) in [6.45, 7) is 5.15. The van der Waals surface area contributed by atoms with Crippen molar-refractivity contribution in [1.29, 1.82) is 0 Å². The van der Waals surface area contributed by atoms with Crippen LogP contribution < -0.4 is 9.80 Å². The average Bonchev–Trinajstić information content (AvgIpc) is 3.45. The molecule has 0 spiro atoms. The summed E-state index contributed by atoms with van der Waals surface area (Å²) >= 11 is 0. The van der Waals surface area contributed by atoms with Crippen molar-refractivity contribution in [2.45, 2.75) is 39.2 Å². The van der Waals surface area contributed by atoms with Crippen molar-refractivity contribution in [1.82, 2.24) is 24.9 Å². The predicted octanol–water partition coefficient (Wildman–Crippen LogP) is 3.49. The van der Waals surface area contributed by atoms with E-state index in [1.54, 1.807) is 6.07 Å². The molecule has 10 heteroatoms. The second kappa shape index (κ2) is 7.53. The molecule has 8 nitrogen and oxygen atoms in total. The fraction of sp³-hybridized carbons (Fsp3) is 0.545. The van der Waals surface area contributed by atoms with Gasteiger partial charge in [0.25, 0.3) is 0 Å². The number of nitrogens with zero attached hydrogens (tertiary/aromatic N) is 7. The predicted molar refractivity (Wildman–Crippen MR) is 113 cm³/mol. The van der Waals surface area contributed by atoms with E-state index in [1.807, 2.05) is 16.5 Å². The Hall–Kier alpha value is -3.04. The second-order valence-electron chi connectivity index (χ2n) is 9.15. The molecule has 2 bridgehead atoms. The highest BCUT2D eigenvalue weighted by atomic mass is 19.2. The Kier molecular flexibility index (Phi) is 4.62. The van der Waals surface area contributed by atoms with E-state index in [0.717, 1.165) is 44.4 Å². The van der Waals surface area contributed by atoms with Crippen LogP contribution in [-0.4, -0.2) is 44.5 Å². The molecule has 0 amide bonds. The van der Waals surface area contributed by atoms with Crippen molar-refractivity contribution in [2.75, 3.05) is 29.4 Å². The van der Waals surface area contributed by atoms with Crippen molar-refractivity contribution >= 4 is 17.7 Å². The molecule has 4 heterocycles. The summed E-state index contributed by atoms with van der Waals surface area (Å²) in [6.07, 6.45) is 4.08. The van der Waals surface area contributed by atoms with Crippen LogP contribution in [0.15, 0.2) is 22.7 Å². The average molecular weight is 441 g/mol. The summed E-state index contributed by atoms with van der Waals surface area (Å²) in [5.74, 6) is 2.13. The monoisotopic (exact) mass is 441 g/mol. The smallest absolute Gasteiger partial charge is 0.324 e. The van der Waals surface area contributed by atoms with Gasteiger partial charge in [0.05, 0.1) is 0 Å². The molecule has 3 aliphatic rings. The molecule has 2 aliphatic heterocycles. The summed E-state index contributed by atoms with van der Waals surface area (Å²) in [7, 11) is 0. The Bertz CT molecular complexity index is 1130. The van der Waals surface area contributed by atoms with Crippen molar-refractivity contribution in [3.63, 3.8) is 0 Å². The first-order valence-electron chi connectivity index (χ1n) is 11.3. The van der Waals surface area contributed by atoms with Gasteiger partial charge in [-0.1, -0.05) is 5.16 Å². The first-order valence-corrected chi connectivity index (χ1v) is 11.3. The van der Waals surface area contributed by atoms with Crippen molar-refractivity contribution in [3.05, 3.63) is 41.5 Å². The van der Waals surface area contributed by atoms with Crippen LogP contribution in [0.4, 0.5) is 26.4 Å². The number of aromatic nitrogens is 5. The molecular formula is C22H25F2N7O. The van der Waals surface area contributed by atoms with Crippen molar-refractivity contribution in [2.24, 2.45) is 17.8 Å². The van der Waals surface area contributed by atoms with Crippen molar-refractivity contribution in [3.8, 4) is 0 Å². The summed E-state index contributed by atoms with van der Waals surface area (Å²) in [5, 5.41) is 8.71. The largest absolute Gasteiger partial charge is 0.324 e. The van der Waals surface area contributed by atoms with Gasteiger partial charge in [-0.3, -0.25) is 0 Å². The van der Waals surface area contributed by atoms with Gasteiger partial charge < -0.3 is 14.3 Å². The molecular weight excluding hydrogens is 416 g/mol. The number of rotatable bonds is 4. The lowest BCUT2D eigenvalue weighted by Gasteiger charge is -2.36. The number of benzene rings is 1. The molecule has 1 saturated carbocycles. The van der Waals surface area contributed by atoms with Crippen LogP contribution in [0.25, 0.3) is 0 Å². The maximum Gasteiger partial charge on any atom is 0.324 e. The third kappa shape index (κ3) is 3.32. The third-order valence-electron chi connectivity index (χ3n) is 7.14. The highest BCUT2D eigenvalue weighted by molar-refractivity contribution is 5.58. The Balaban J connectivity index is 1.21. The number of aryl methyl sites for hydroxylation is 2. The molecule has 3 aromatic rings. The minimum Gasteiger partial charge on any atom is -0.324 e. The SMILES string of the molecule is Cc1noc(N2C[C@H]3CC[C@@H](C2)C3Cc2nc3n(n2)CCCN3c2ccc(F)c(F)c2)n1. The molecule has 3 atom stereocenters. The molecule has 1 saturated heterocycles. The lowest BCUT2D eigenvalue weighted by molar-refractivity contribution is 0.254. The van der Waals surface area contributed by atoms with Gasteiger partial charge in [0.15, 0.2) is 23.3 Å². The number of anilines is 3. The molecule has 0 radical (unpaired) electrons. The number of fused-ring (bicyclic) bond motifs is 3. The molecule has 1 unspecified atom stereocenters. The van der Waals surface area contributed by atoms with E-state index >= 15 is 0 Å². The second-order valence-corrected chi connectivity index (χ2v) is 9.15. The van der Waals surface area contributed by atoms with Gasteiger partial charge >= 0.3 is 6.01 Å². The van der Waals surface area contributed by atoms with Crippen LogP contribution in [-0.2, 0) is 13.0 Å². The normalized spacial score (nSPS) is 24.8. The summed E-state index contributed by atoms with van der Waals surface area (Å²) in [5.41, 5.74) is 0.604. The van der Waals surface area contributed by atoms with Crippen LogP contribution in [0.1, 0.15) is 30.9 Å². The Morgan fingerprint density at radius 1 is 1.06 bits per heavy atom. The molecule has 1 aromatic carbocycles. The summed E-state index contributed by atoms with van der Waals surface area (Å²) in [4.78, 5) is 13.4. The van der Waals surface area contributed by atoms with Crippen LogP contribution in [0, 0.1) is 36.3 Å². The standard InChI is InChI=1S/C22H25F2N7O/c1-13-25-22(32-28-13)29-11-14-3-4-15(12-29)17(14)10-20-26-21-30(7-2-8-31(21)27-20)16-5-6-18(23)19(24)9-16/h5-6,9,14-15,17H,2-4,7-8,10-12H2,1H3/t14-,15+,17?. The number of hydrogen-bond acceptors (Lipinski definition) is 7. The fourth-order valence-corrected chi connectivity index (χ4v) is 5.64. The maximum absolute atomic E-state index is 13.8. The van der Waals surface area contributed by atoms with E-state index in [0.29, 0.717) is 47.8 Å². The van der Waals surface area contributed by atoms with Crippen LogP contribution >= 0.6 is 0 Å². The van der Waals surface area contributed by atoms with Crippen LogP contribution in [0.3, 0.4) is 0 Å². The van der Waals surface area contributed by atoms with Crippen LogP contribution in [0.5, 0.6) is 0 Å². The lowest BCUT2D eigenvalue weighted by Crippen LogP contribution is -2.43. The molecule has 6 rings (SSSR count). The first kappa shape index (κ1) is 19.6. The minimum atomic E-state index is -0.848. The summed E-state index contributed by atoms with van der Waals surface area (Å²) < 4.78 is 34.5. The van der Waals surface area contributed by atoms with E-state index in [9.17, 15) is 8.78 Å². The first-order chi connectivity index (χ1) is 15.5. The molecule has 2 fully saturated rings. The van der Waals surface area contributed by atoms with E-state index in [4.69, 9.17) is 14.6 Å². The van der Waals surface area contributed by atoms with Gasteiger partial charge in [-0.05, 0) is 56.1 Å².